The number of hydrogen-bond donors (Lipinski definition) is 3. The average Bonchev–Trinajstić information content (AvgIpc) is 3.22. The smallest absolute Gasteiger partial charge is 0.542 e. The number of carboxylic acids is 1. The summed E-state index contributed by atoms with van der Waals surface area (Å²) in [5, 5.41) is 48.7. The van der Waals surface area contributed by atoms with E-state index in [4.69, 9.17) is 14.6 Å². The van der Waals surface area contributed by atoms with Crippen molar-refractivity contribution in [3.63, 3.8) is 0 Å². The van der Waals surface area contributed by atoms with E-state index in [-0.39, 0.29) is 29.6 Å². The number of ether oxygens (including phenoxy) is 2. The molecule has 0 unspecified atom stereocenters. The molecule has 2 aromatic rings. The monoisotopic (exact) mass is 427 g/mol. The normalized spacial score (nSPS) is 22.8. The number of hydrogen-bond acceptors (Lipinski definition) is 9. The van der Waals surface area contributed by atoms with Gasteiger partial charge in [0.2, 0.25) is 0 Å². The third-order valence-corrected chi connectivity index (χ3v) is 4.96. The van der Waals surface area contributed by atoms with Gasteiger partial charge in [-0.25, -0.2) is 4.68 Å². The molecule has 0 saturated carbocycles. The number of allylic oxidation sites excluding steroid dienone is 1. The van der Waals surface area contributed by atoms with Crippen LogP contribution in [0.4, 0.5) is 0 Å². The first-order valence-electron chi connectivity index (χ1n) is 8.98. The van der Waals surface area contributed by atoms with Gasteiger partial charge in [0.15, 0.2) is 0 Å². The van der Waals surface area contributed by atoms with Crippen LogP contribution in [0.1, 0.15) is 13.0 Å². The summed E-state index contributed by atoms with van der Waals surface area (Å²) in [6.07, 6.45) is -1.14. The topological polar surface area (TPSA) is 150 Å². The summed E-state index contributed by atoms with van der Waals surface area (Å²) in [5.41, 5.74) is 1.34. The van der Waals surface area contributed by atoms with Crippen LogP contribution in [0.15, 0.2) is 42.3 Å². The van der Waals surface area contributed by atoms with Crippen molar-refractivity contribution in [3.05, 3.63) is 42.3 Å². The number of carbonyl (C=O) groups is 1. The first kappa shape index (κ1) is 24.3. The molecular weight excluding hydrogens is 405 g/mol. The van der Waals surface area contributed by atoms with Crippen LogP contribution in [-0.2, 0) is 9.53 Å². The number of carbonyl (C=O) groups excluding carboxylic acids is 1. The van der Waals surface area contributed by atoms with E-state index in [1.165, 1.54) is 10.8 Å². The molecular formula is C19H22N3NaO7. The molecule has 2 heterocycles. The van der Waals surface area contributed by atoms with E-state index < -0.39 is 48.6 Å². The fourth-order valence-corrected chi connectivity index (χ4v) is 3.25. The number of carboxylic acid groups (broad SMARTS) is 1. The van der Waals surface area contributed by atoms with Crippen LogP contribution < -0.4 is 39.4 Å². The van der Waals surface area contributed by atoms with Crippen molar-refractivity contribution in [2.45, 2.75) is 31.3 Å². The van der Waals surface area contributed by atoms with E-state index in [2.05, 4.69) is 10.3 Å². The number of rotatable bonds is 7. The van der Waals surface area contributed by atoms with Gasteiger partial charge in [0.05, 0.1) is 26.0 Å². The van der Waals surface area contributed by atoms with Crippen molar-refractivity contribution in [1.82, 2.24) is 15.0 Å². The summed E-state index contributed by atoms with van der Waals surface area (Å²) < 4.78 is 11.9. The minimum atomic E-state index is -1.56. The molecule has 0 bridgehead atoms. The Morgan fingerprint density at radius 3 is 2.57 bits per heavy atom. The summed E-state index contributed by atoms with van der Waals surface area (Å²) in [5.74, 6) is -1.85. The van der Waals surface area contributed by atoms with Gasteiger partial charge in [-0.2, -0.15) is 0 Å². The standard InChI is InChI=1S/C19H23N3O7.Na/c1-10-14(7-16(19(26)27)29-18(10)17(25)15(24)9-23)22-8-13(20-21-22)11-3-5-12(28-2)6-4-11;/h3-8,10,14-15,17-18,23-25H,9H2,1-2H3,(H,26,27);/q;+1/p-1/t10-,14+,15-,17-,18-;/m1./s1. The Morgan fingerprint density at radius 2 is 2.00 bits per heavy atom. The van der Waals surface area contributed by atoms with Crippen LogP contribution in [-0.4, -0.2) is 68.3 Å². The predicted molar refractivity (Wildman–Crippen MR) is 97.3 cm³/mol. The van der Waals surface area contributed by atoms with Gasteiger partial charge in [-0.15, -0.1) is 5.10 Å². The molecule has 1 aliphatic heterocycles. The first-order valence-corrected chi connectivity index (χ1v) is 8.98. The molecule has 0 radical (unpaired) electrons. The van der Waals surface area contributed by atoms with Crippen LogP contribution in [0.5, 0.6) is 5.75 Å². The second kappa shape index (κ2) is 10.4. The Balaban J connectivity index is 0.00000320. The minimum absolute atomic E-state index is 0. The van der Waals surface area contributed by atoms with Crippen LogP contribution in [0.3, 0.4) is 0 Å². The number of nitrogens with zero attached hydrogens (tertiary/aromatic N) is 3. The number of aliphatic carboxylic acids is 1. The van der Waals surface area contributed by atoms with Crippen LogP contribution in [0.25, 0.3) is 11.3 Å². The molecule has 156 valence electrons. The van der Waals surface area contributed by atoms with Gasteiger partial charge in [0.1, 0.15) is 41.5 Å². The Hall–Kier alpha value is -1.95. The molecule has 3 N–H and O–H groups in total. The predicted octanol–water partition coefficient (Wildman–Crippen LogP) is -4.12. The van der Waals surface area contributed by atoms with E-state index >= 15 is 0 Å². The Kier molecular flexibility index (Phi) is 8.42. The second-order valence-electron chi connectivity index (χ2n) is 6.80. The third kappa shape index (κ3) is 5.02. The van der Waals surface area contributed by atoms with E-state index in [0.717, 1.165) is 5.56 Å². The molecule has 1 aliphatic rings. The molecule has 5 atom stereocenters. The summed E-state index contributed by atoms with van der Waals surface area (Å²) >= 11 is 0. The summed E-state index contributed by atoms with van der Waals surface area (Å²) in [6.45, 7) is 1.01. The zero-order chi connectivity index (χ0) is 21.1. The number of benzene rings is 1. The van der Waals surface area contributed by atoms with Crippen molar-refractivity contribution in [3.8, 4) is 17.0 Å². The van der Waals surface area contributed by atoms with Gasteiger partial charge >= 0.3 is 29.6 Å². The molecule has 11 heteroatoms. The van der Waals surface area contributed by atoms with Crippen LogP contribution >= 0.6 is 0 Å². The number of aliphatic hydroxyl groups is 3. The largest absolute Gasteiger partial charge is 1.00 e. The molecule has 0 spiro atoms. The van der Waals surface area contributed by atoms with Crippen molar-refractivity contribution < 1.29 is 64.3 Å². The fraction of sp³-hybridized carbons (Fsp3) is 0.421. The average molecular weight is 427 g/mol. The molecule has 0 aliphatic carbocycles. The van der Waals surface area contributed by atoms with Crippen LogP contribution in [0.2, 0.25) is 0 Å². The van der Waals surface area contributed by atoms with Crippen LogP contribution in [0, 0.1) is 5.92 Å². The van der Waals surface area contributed by atoms with Gasteiger partial charge in [0, 0.05) is 11.5 Å². The van der Waals surface area contributed by atoms with E-state index in [1.807, 2.05) is 12.1 Å². The van der Waals surface area contributed by atoms with E-state index in [1.54, 1.807) is 32.4 Å². The Morgan fingerprint density at radius 1 is 1.33 bits per heavy atom. The van der Waals surface area contributed by atoms with Crippen molar-refractivity contribution in [2.24, 2.45) is 5.92 Å². The van der Waals surface area contributed by atoms with Gasteiger partial charge < -0.3 is 34.7 Å². The quantitative estimate of drug-likeness (QED) is 0.375. The maximum atomic E-state index is 11.4. The molecule has 10 nitrogen and oxygen atoms in total. The van der Waals surface area contributed by atoms with Gasteiger partial charge in [-0.05, 0) is 30.3 Å². The molecule has 0 amide bonds. The number of methoxy groups -OCH3 is 1. The summed E-state index contributed by atoms with van der Waals surface area (Å²) in [7, 11) is 1.57. The zero-order valence-electron chi connectivity index (χ0n) is 16.9. The number of aliphatic hydroxyl groups excluding tert-OH is 3. The Labute approximate surface area is 195 Å². The maximum Gasteiger partial charge on any atom is 1.00 e. The fourth-order valence-electron chi connectivity index (χ4n) is 3.25. The van der Waals surface area contributed by atoms with Crippen molar-refractivity contribution in [1.29, 1.82) is 0 Å². The molecule has 0 saturated heterocycles. The minimum Gasteiger partial charge on any atom is -0.542 e. The molecule has 1 aromatic heterocycles. The Bertz CT molecular complexity index is 887. The van der Waals surface area contributed by atoms with Gasteiger partial charge in [-0.1, -0.05) is 12.1 Å². The maximum absolute atomic E-state index is 11.4. The summed E-state index contributed by atoms with van der Waals surface area (Å²) in [6, 6.07) is 6.55. The van der Waals surface area contributed by atoms with Crippen molar-refractivity contribution >= 4 is 5.97 Å². The van der Waals surface area contributed by atoms with Gasteiger partial charge in [0.25, 0.3) is 0 Å². The van der Waals surface area contributed by atoms with E-state index in [9.17, 15) is 20.1 Å². The SMILES string of the molecule is COc1ccc(-c2cn([C@H]3C=C(C(=O)[O-])O[C@@H]([C@H](O)[C@H](O)CO)[C@@H]3C)nn2)cc1.[Na+]. The van der Waals surface area contributed by atoms with Gasteiger partial charge in [-0.3, -0.25) is 0 Å². The molecule has 3 rings (SSSR count). The zero-order valence-corrected chi connectivity index (χ0v) is 18.9. The summed E-state index contributed by atoms with van der Waals surface area (Å²) in [4.78, 5) is 11.4. The second-order valence-corrected chi connectivity index (χ2v) is 6.80. The number of aromatic nitrogens is 3. The van der Waals surface area contributed by atoms with Crippen molar-refractivity contribution in [2.75, 3.05) is 13.7 Å². The van der Waals surface area contributed by atoms with E-state index in [0.29, 0.717) is 11.4 Å². The molecule has 1 aromatic carbocycles. The molecule has 30 heavy (non-hydrogen) atoms. The first-order chi connectivity index (χ1) is 13.8. The third-order valence-electron chi connectivity index (χ3n) is 4.96. The molecule has 0 fully saturated rings.